The van der Waals surface area contributed by atoms with E-state index in [-0.39, 0.29) is 25.7 Å². The zero-order chi connectivity index (χ0) is 78.3. The molecule has 17 nitrogen and oxygen atoms in total. The molecule has 0 radical (unpaired) electrons. The molecule has 0 fully saturated rings. The van der Waals surface area contributed by atoms with Gasteiger partial charge in [0.25, 0.3) is 0 Å². The molecule has 632 valence electrons. The highest BCUT2D eigenvalue weighted by molar-refractivity contribution is 7.47. The van der Waals surface area contributed by atoms with Crippen molar-refractivity contribution in [3.05, 3.63) is 24.3 Å². The van der Waals surface area contributed by atoms with E-state index in [2.05, 4.69) is 58.9 Å². The maximum atomic E-state index is 13.2. The average molecular weight is 1560 g/mol. The van der Waals surface area contributed by atoms with Crippen molar-refractivity contribution in [3.63, 3.8) is 0 Å². The van der Waals surface area contributed by atoms with Crippen molar-refractivity contribution >= 4 is 39.5 Å². The first kappa shape index (κ1) is 105. The van der Waals surface area contributed by atoms with Crippen LogP contribution in [0.1, 0.15) is 452 Å². The summed E-state index contributed by atoms with van der Waals surface area (Å²) >= 11 is 0. The number of aliphatic hydroxyl groups is 1. The zero-order valence-electron chi connectivity index (χ0n) is 69.8. The summed E-state index contributed by atoms with van der Waals surface area (Å²) in [6, 6.07) is 0. The first-order chi connectivity index (χ1) is 52.1. The number of unbranched alkanes of at least 4 members (excludes halogenated alkanes) is 54. The van der Waals surface area contributed by atoms with Gasteiger partial charge in [0.2, 0.25) is 0 Å². The van der Waals surface area contributed by atoms with Crippen LogP contribution in [0.3, 0.4) is 0 Å². The van der Waals surface area contributed by atoms with Gasteiger partial charge < -0.3 is 33.8 Å². The number of carbonyl (C=O) groups is 4. The van der Waals surface area contributed by atoms with Crippen molar-refractivity contribution in [2.75, 3.05) is 39.6 Å². The van der Waals surface area contributed by atoms with E-state index in [4.69, 9.17) is 37.0 Å². The van der Waals surface area contributed by atoms with Crippen LogP contribution >= 0.6 is 15.6 Å². The molecule has 0 aliphatic carbocycles. The highest BCUT2D eigenvalue weighted by Gasteiger charge is 2.30. The summed E-state index contributed by atoms with van der Waals surface area (Å²) in [6.07, 6.45) is 77.1. The largest absolute Gasteiger partial charge is 0.472 e. The Morgan fingerprint density at radius 3 is 0.794 bits per heavy atom. The van der Waals surface area contributed by atoms with Crippen LogP contribution in [0.15, 0.2) is 24.3 Å². The summed E-state index contributed by atoms with van der Waals surface area (Å²) in [4.78, 5) is 73.2. The predicted octanol–water partition coefficient (Wildman–Crippen LogP) is 26.7. The standard InChI is InChI=1S/C88H168O17P2/c1-6-10-13-16-19-22-25-27-29-30-31-35-39-42-47-52-57-62-67-72-86(91)99-78-84(105-88(93)74-69-64-59-54-49-44-40-36-33-32-34-38-41-46-50-55-60-65-70-81(5)9-4)80-103-107(96,97)101-76-82(89)75-100-106(94,95)102-79-83(77-98-85(90)71-66-61-56-51-45-24-21-18-15-12-8-3)104-87(92)73-68-63-58-53-48-43-37-28-26-23-20-17-14-11-7-2/h23,26,28,37,81-84,89H,6-22,24-25,27,29-36,38-80H2,1-5H3,(H,94,95)(H,96,97)/b26-23-,37-28-/t81?,82-,83+,84+/m0/s1. The van der Waals surface area contributed by atoms with Crippen LogP contribution in [-0.2, 0) is 65.4 Å². The van der Waals surface area contributed by atoms with Gasteiger partial charge in [0.1, 0.15) is 19.3 Å². The van der Waals surface area contributed by atoms with Gasteiger partial charge in [-0.3, -0.25) is 37.3 Å². The van der Waals surface area contributed by atoms with Crippen LogP contribution in [-0.4, -0.2) is 96.7 Å². The van der Waals surface area contributed by atoms with Gasteiger partial charge in [0, 0.05) is 25.7 Å². The van der Waals surface area contributed by atoms with E-state index >= 15 is 0 Å². The number of esters is 4. The second-order valence-corrected chi connectivity index (χ2v) is 34.1. The van der Waals surface area contributed by atoms with E-state index < -0.39 is 97.5 Å². The van der Waals surface area contributed by atoms with E-state index in [0.717, 1.165) is 109 Å². The van der Waals surface area contributed by atoms with Gasteiger partial charge in [-0.1, -0.05) is 399 Å². The third-order valence-electron chi connectivity index (χ3n) is 20.5. The molecule has 0 aromatic carbocycles. The first-order valence-corrected chi connectivity index (χ1v) is 48.0. The molecule has 0 aromatic heterocycles. The van der Waals surface area contributed by atoms with Gasteiger partial charge in [-0.25, -0.2) is 9.13 Å². The summed E-state index contributed by atoms with van der Waals surface area (Å²) in [6.45, 7) is 7.37. The molecule has 19 heteroatoms. The van der Waals surface area contributed by atoms with Crippen LogP contribution in [0, 0.1) is 5.92 Å². The van der Waals surface area contributed by atoms with Gasteiger partial charge in [-0.2, -0.15) is 0 Å². The van der Waals surface area contributed by atoms with Gasteiger partial charge in [-0.05, 0) is 57.3 Å². The molecule has 0 aliphatic heterocycles. The molecule has 0 saturated heterocycles. The van der Waals surface area contributed by atoms with E-state index in [0.29, 0.717) is 25.7 Å². The molecule has 107 heavy (non-hydrogen) atoms. The lowest BCUT2D eigenvalue weighted by atomic mass is 9.99. The van der Waals surface area contributed by atoms with E-state index in [1.54, 1.807) is 0 Å². The summed E-state index contributed by atoms with van der Waals surface area (Å²) in [5.41, 5.74) is 0. The smallest absolute Gasteiger partial charge is 0.462 e. The molecular weight excluding hydrogens is 1390 g/mol. The Balaban J connectivity index is 5.26. The third-order valence-corrected chi connectivity index (χ3v) is 22.4. The fourth-order valence-electron chi connectivity index (χ4n) is 13.3. The topological polar surface area (TPSA) is 237 Å². The minimum absolute atomic E-state index is 0.0858. The lowest BCUT2D eigenvalue weighted by Gasteiger charge is -2.21. The Labute approximate surface area is 656 Å². The molecule has 0 amide bonds. The highest BCUT2D eigenvalue weighted by Crippen LogP contribution is 2.45. The monoisotopic (exact) mass is 1560 g/mol. The highest BCUT2D eigenvalue weighted by atomic mass is 31.2. The van der Waals surface area contributed by atoms with Crippen LogP contribution in [0.4, 0.5) is 0 Å². The number of phosphoric ester groups is 2. The maximum absolute atomic E-state index is 13.2. The van der Waals surface area contributed by atoms with Crippen LogP contribution in [0.2, 0.25) is 0 Å². The molecule has 0 saturated carbocycles. The maximum Gasteiger partial charge on any atom is 0.472 e. The van der Waals surface area contributed by atoms with Crippen molar-refractivity contribution in [2.24, 2.45) is 5.92 Å². The van der Waals surface area contributed by atoms with Crippen molar-refractivity contribution in [3.8, 4) is 0 Å². The SMILES string of the molecule is CCCCCC/C=C\C=C/CCCCCCCC(=O)O[C@H](COC(=O)CCCCCCCCCCCCC)COP(=O)(O)OC[C@H](O)COP(=O)(O)OC[C@@H](COC(=O)CCCCCCCCCCCCCCCCCCCCC)OC(=O)CCCCCCCCCCCCCCCCCCCCC(C)CC. The molecule has 0 heterocycles. The summed E-state index contributed by atoms with van der Waals surface area (Å²) in [5.74, 6) is -1.26. The van der Waals surface area contributed by atoms with Crippen LogP contribution < -0.4 is 0 Å². The minimum Gasteiger partial charge on any atom is -0.462 e. The Kier molecular flexibility index (Phi) is 78.3. The quantitative estimate of drug-likeness (QED) is 0.0169. The predicted molar refractivity (Wildman–Crippen MR) is 441 cm³/mol. The fourth-order valence-corrected chi connectivity index (χ4v) is 14.8. The lowest BCUT2D eigenvalue weighted by molar-refractivity contribution is -0.161. The fraction of sp³-hybridized carbons (Fsp3) is 0.909. The van der Waals surface area contributed by atoms with E-state index in [1.165, 1.54) is 263 Å². The van der Waals surface area contributed by atoms with Crippen molar-refractivity contribution in [1.29, 1.82) is 0 Å². The molecule has 3 N–H and O–H groups in total. The Morgan fingerprint density at radius 2 is 0.523 bits per heavy atom. The molecular formula is C88H168O17P2. The molecule has 6 atom stereocenters. The van der Waals surface area contributed by atoms with Crippen LogP contribution in [0.25, 0.3) is 0 Å². The normalized spacial score (nSPS) is 14.1. The zero-order valence-corrected chi connectivity index (χ0v) is 71.6. The Hall–Kier alpha value is -2.46. The average Bonchev–Trinajstić information content (AvgIpc) is 0.902. The third kappa shape index (κ3) is 80.0. The van der Waals surface area contributed by atoms with Crippen molar-refractivity contribution in [2.45, 2.75) is 470 Å². The Bertz CT molecular complexity index is 2130. The number of hydrogen-bond donors (Lipinski definition) is 3. The van der Waals surface area contributed by atoms with Gasteiger partial charge in [0.15, 0.2) is 12.2 Å². The number of rotatable bonds is 86. The molecule has 0 spiro atoms. The molecule has 0 aliphatic rings. The second-order valence-electron chi connectivity index (χ2n) is 31.2. The molecule has 0 aromatic rings. The number of hydrogen-bond acceptors (Lipinski definition) is 15. The number of allylic oxidation sites excluding steroid dienone is 4. The van der Waals surface area contributed by atoms with E-state index in [9.17, 15) is 43.2 Å². The number of carbonyl (C=O) groups excluding carboxylic acids is 4. The van der Waals surface area contributed by atoms with Gasteiger partial charge in [0.05, 0.1) is 26.4 Å². The van der Waals surface area contributed by atoms with Crippen molar-refractivity contribution in [1.82, 2.24) is 0 Å². The first-order valence-electron chi connectivity index (χ1n) is 45.0. The molecule has 3 unspecified atom stereocenters. The van der Waals surface area contributed by atoms with E-state index in [1.807, 2.05) is 0 Å². The Morgan fingerprint density at radius 1 is 0.299 bits per heavy atom. The second kappa shape index (κ2) is 80.2. The summed E-state index contributed by atoms with van der Waals surface area (Å²) in [7, 11) is -9.94. The van der Waals surface area contributed by atoms with Crippen LogP contribution in [0.5, 0.6) is 0 Å². The number of phosphoric acid groups is 2. The number of aliphatic hydroxyl groups excluding tert-OH is 1. The lowest BCUT2D eigenvalue weighted by Crippen LogP contribution is -2.30. The minimum atomic E-state index is -4.97. The van der Waals surface area contributed by atoms with Gasteiger partial charge >= 0.3 is 39.5 Å². The summed E-state index contributed by atoms with van der Waals surface area (Å²) < 4.78 is 68.9. The number of ether oxygens (including phenoxy) is 4. The summed E-state index contributed by atoms with van der Waals surface area (Å²) in [5, 5.41) is 10.7. The van der Waals surface area contributed by atoms with Crippen molar-refractivity contribution < 1.29 is 80.2 Å². The molecule has 0 bridgehead atoms. The molecule has 0 rings (SSSR count). The van der Waals surface area contributed by atoms with Gasteiger partial charge in [-0.15, -0.1) is 0 Å².